The Bertz CT molecular complexity index is 1260. The van der Waals surface area contributed by atoms with Gasteiger partial charge in [-0.2, -0.15) is 25.9 Å². The Labute approximate surface area is 229 Å². The van der Waals surface area contributed by atoms with Crippen LogP contribution in [-0.4, -0.2) is 61.5 Å². The molecule has 39 heavy (non-hydrogen) atoms. The van der Waals surface area contributed by atoms with Crippen molar-refractivity contribution in [2.24, 2.45) is 0 Å². The van der Waals surface area contributed by atoms with E-state index < -0.39 is 45.5 Å². The lowest BCUT2D eigenvalue weighted by atomic mass is 9.96. The SMILES string of the molecule is COCCOc1ccc(CN(C(=O)[O-])S(=O)(=O)N(C)C2CCCCC2)c(Oc2ncc(C(F)(F)F)cc2Cl)c1. The summed E-state index contributed by atoms with van der Waals surface area (Å²) in [7, 11) is -1.72. The number of carboxylic acid groups (broad SMARTS) is 1. The van der Waals surface area contributed by atoms with Gasteiger partial charge in [-0.05, 0) is 31.0 Å². The van der Waals surface area contributed by atoms with E-state index in [0.717, 1.165) is 23.6 Å². The number of aromatic nitrogens is 1. The highest BCUT2D eigenvalue weighted by atomic mass is 35.5. The molecule has 15 heteroatoms. The molecule has 0 unspecified atom stereocenters. The molecule has 0 bridgehead atoms. The molecule has 0 saturated heterocycles. The van der Waals surface area contributed by atoms with Gasteiger partial charge in [-0.15, -0.1) is 0 Å². The third-order valence-electron chi connectivity index (χ3n) is 6.19. The fourth-order valence-corrected chi connectivity index (χ4v) is 5.63. The van der Waals surface area contributed by atoms with Crippen molar-refractivity contribution in [3.05, 3.63) is 46.6 Å². The van der Waals surface area contributed by atoms with Crippen LogP contribution < -0.4 is 14.6 Å². The van der Waals surface area contributed by atoms with E-state index in [9.17, 15) is 31.5 Å². The van der Waals surface area contributed by atoms with Gasteiger partial charge in [0, 0.05) is 38.0 Å². The van der Waals surface area contributed by atoms with Gasteiger partial charge in [0.1, 0.15) is 23.1 Å². The third-order valence-corrected chi connectivity index (χ3v) is 8.32. The van der Waals surface area contributed by atoms with Crippen LogP contribution in [-0.2, 0) is 27.7 Å². The number of pyridine rings is 1. The molecule has 0 aliphatic heterocycles. The van der Waals surface area contributed by atoms with Crippen molar-refractivity contribution < 1.29 is 45.7 Å². The summed E-state index contributed by atoms with van der Waals surface area (Å²) in [6.07, 6.45) is -2.34. The summed E-state index contributed by atoms with van der Waals surface area (Å²) in [6, 6.07) is 4.38. The molecule has 1 heterocycles. The van der Waals surface area contributed by atoms with Crippen LogP contribution >= 0.6 is 11.6 Å². The average molecular weight is 595 g/mol. The molecule has 0 atom stereocenters. The zero-order chi connectivity index (χ0) is 28.8. The Morgan fingerprint density at radius 1 is 1.18 bits per heavy atom. The highest BCUT2D eigenvalue weighted by Crippen LogP contribution is 2.37. The van der Waals surface area contributed by atoms with Gasteiger partial charge in [-0.25, -0.2) is 9.29 Å². The molecular formula is C24H28ClF3N3O7S-. The molecule has 1 aromatic carbocycles. The minimum atomic E-state index is -4.69. The van der Waals surface area contributed by atoms with E-state index in [0.29, 0.717) is 25.1 Å². The zero-order valence-electron chi connectivity index (χ0n) is 21.2. The minimum absolute atomic E-state index is 0.0386. The van der Waals surface area contributed by atoms with Gasteiger partial charge in [0.2, 0.25) is 5.88 Å². The van der Waals surface area contributed by atoms with Crippen LogP contribution in [0.5, 0.6) is 17.4 Å². The van der Waals surface area contributed by atoms with Gasteiger partial charge in [0.25, 0.3) is 0 Å². The molecule has 1 aliphatic rings. The minimum Gasteiger partial charge on any atom is -0.529 e. The molecule has 216 valence electrons. The molecule has 10 nitrogen and oxygen atoms in total. The molecular weight excluding hydrogens is 567 g/mol. The van der Waals surface area contributed by atoms with Crippen LogP contribution in [0.15, 0.2) is 30.5 Å². The van der Waals surface area contributed by atoms with E-state index >= 15 is 0 Å². The van der Waals surface area contributed by atoms with Gasteiger partial charge in [0.15, 0.2) is 6.09 Å². The molecule has 3 rings (SSSR count). The molecule has 0 N–H and O–H groups in total. The first-order chi connectivity index (χ1) is 18.3. The lowest BCUT2D eigenvalue weighted by Gasteiger charge is -2.35. The Balaban J connectivity index is 1.96. The molecule has 1 aromatic heterocycles. The number of carbonyl (C=O) groups is 1. The first-order valence-corrected chi connectivity index (χ1v) is 13.7. The number of rotatable bonds is 11. The number of halogens is 4. The lowest BCUT2D eigenvalue weighted by molar-refractivity contribution is -0.260. The number of hydrogen-bond acceptors (Lipinski definition) is 8. The largest absolute Gasteiger partial charge is 0.529 e. The molecule has 1 fully saturated rings. The summed E-state index contributed by atoms with van der Waals surface area (Å²) in [5.74, 6) is -0.320. The average Bonchev–Trinajstić information content (AvgIpc) is 2.88. The van der Waals surface area contributed by atoms with Crippen LogP contribution in [0.4, 0.5) is 18.0 Å². The summed E-state index contributed by atoms with van der Waals surface area (Å²) in [5, 5.41) is 11.6. The van der Waals surface area contributed by atoms with Crippen molar-refractivity contribution in [3.8, 4) is 17.4 Å². The predicted molar refractivity (Wildman–Crippen MR) is 133 cm³/mol. The highest BCUT2D eigenvalue weighted by molar-refractivity contribution is 7.87. The number of hydrogen-bond donors (Lipinski definition) is 0. The van der Waals surface area contributed by atoms with E-state index in [2.05, 4.69) is 4.98 Å². The Kier molecular flexibility index (Phi) is 10.3. The second-order valence-electron chi connectivity index (χ2n) is 8.81. The molecule has 0 spiro atoms. The van der Waals surface area contributed by atoms with Crippen molar-refractivity contribution in [3.63, 3.8) is 0 Å². The van der Waals surface area contributed by atoms with E-state index in [1.807, 2.05) is 0 Å². The summed E-state index contributed by atoms with van der Waals surface area (Å²) in [4.78, 5) is 15.7. The fourth-order valence-electron chi connectivity index (χ4n) is 4.04. The number of methoxy groups -OCH3 is 1. The first-order valence-electron chi connectivity index (χ1n) is 12.0. The fraction of sp³-hybridized carbons (Fsp3) is 0.500. The Hall–Kier alpha value is -2.81. The van der Waals surface area contributed by atoms with Crippen LogP contribution in [0, 0.1) is 0 Å². The smallest absolute Gasteiger partial charge is 0.417 e. The molecule has 1 amide bonds. The maximum Gasteiger partial charge on any atom is 0.417 e. The third kappa shape index (κ3) is 7.87. The zero-order valence-corrected chi connectivity index (χ0v) is 22.8. The quantitative estimate of drug-likeness (QED) is 0.355. The van der Waals surface area contributed by atoms with E-state index in [-0.39, 0.29) is 40.6 Å². The Morgan fingerprint density at radius 3 is 2.46 bits per heavy atom. The number of amides is 1. The van der Waals surface area contributed by atoms with Gasteiger partial charge in [-0.3, -0.25) is 0 Å². The van der Waals surface area contributed by atoms with E-state index in [1.54, 1.807) is 0 Å². The highest BCUT2D eigenvalue weighted by Gasteiger charge is 2.34. The second-order valence-corrected chi connectivity index (χ2v) is 11.1. The van der Waals surface area contributed by atoms with Gasteiger partial charge in [0.05, 0.1) is 18.7 Å². The van der Waals surface area contributed by atoms with Gasteiger partial charge < -0.3 is 24.1 Å². The van der Waals surface area contributed by atoms with Crippen molar-refractivity contribution in [1.82, 2.24) is 13.6 Å². The summed E-state index contributed by atoms with van der Waals surface area (Å²) in [5.41, 5.74) is -1.06. The van der Waals surface area contributed by atoms with Crippen molar-refractivity contribution in [1.29, 1.82) is 0 Å². The van der Waals surface area contributed by atoms with E-state index in [4.69, 9.17) is 25.8 Å². The number of nitrogens with zero attached hydrogens (tertiary/aromatic N) is 3. The van der Waals surface area contributed by atoms with Crippen LogP contribution in [0.3, 0.4) is 0 Å². The second kappa shape index (κ2) is 13.0. The molecule has 1 saturated carbocycles. The standard InChI is InChI=1S/C24H29ClF3N3O7S/c1-30(18-6-4-3-5-7-18)39(34,35)31(23(32)33)15-16-8-9-19(37-11-10-36-2)13-21(16)38-22-20(25)12-17(14-29-22)24(26,27)28/h8-9,12-14,18H,3-7,10-11,15H2,1-2H3,(H,32,33)/p-1. The Morgan fingerprint density at radius 2 is 1.87 bits per heavy atom. The first kappa shape index (κ1) is 30.7. The monoisotopic (exact) mass is 594 g/mol. The summed E-state index contributed by atoms with van der Waals surface area (Å²) in [6.45, 7) is -0.331. The predicted octanol–water partition coefficient (Wildman–Crippen LogP) is 4.23. The topological polar surface area (TPSA) is 121 Å². The van der Waals surface area contributed by atoms with Crippen molar-refractivity contribution in [2.75, 3.05) is 27.4 Å². The van der Waals surface area contributed by atoms with E-state index in [1.165, 1.54) is 32.4 Å². The number of alkyl halides is 3. The van der Waals surface area contributed by atoms with Crippen LogP contribution in [0.1, 0.15) is 43.2 Å². The summed E-state index contributed by atoms with van der Waals surface area (Å²) >= 11 is 5.98. The van der Waals surface area contributed by atoms with Crippen molar-refractivity contribution in [2.45, 2.75) is 50.9 Å². The summed E-state index contributed by atoms with van der Waals surface area (Å²) < 4.78 is 83.0. The van der Waals surface area contributed by atoms with Crippen LogP contribution in [0.25, 0.3) is 0 Å². The molecule has 1 aliphatic carbocycles. The molecule has 0 radical (unpaired) electrons. The maximum absolute atomic E-state index is 13.3. The van der Waals surface area contributed by atoms with Crippen LogP contribution in [0.2, 0.25) is 5.02 Å². The normalized spacial score (nSPS) is 14.8. The number of ether oxygens (including phenoxy) is 3. The van der Waals surface area contributed by atoms with Gasteiger partial charge in [-0.1, -0.05) is 30.9 Å². The van der Waals surface area contributed by atoms with Gasteiger partial charge >= 0.3 is 16.4 Å². The number of benzene rings is 1. The lowest BCUT2D eigenvalue weighted by Crippen LogP contribution is -2.52. The number of carbonyl (C=O) groups excluding carboxylic acids is 1. The van der Waals surface area contributed by atoms with Crippen molar-refractivity contribution >= 4 is 27.9 Å². The maximum atomic E-state index is 13.3. The molecule has 2 aromatic rings.